The molecular formula is C14H17N3O2S. The molecule has 0 aliphatic carbocycles. The largest absolute Gasteiger partial charge is 0.462 e. The van der Waals surface area contributed by atoms with Gasteiger partial charge >= 0.3 is 0 Å². The number of aromatic nitrogens is 2. The lowest BCUT2D eigenvalue weighted by Crippen LogP contribution is -2.07. The van der Waals surface area contributed by atoms with E-state index in [0.29, 0.717) is 16.8 Å². The molecule has 0 unspecified atom stereocenters. The third-order valence-corrected chi connectivity index (χ3v) is 3.30. The summed E-state index contributed by atoms with van der Waals surface area (Å²) in [6.45, 7) is 6.09. The van der Waals surface area contributed by atoms with Crippen molar-refractivity contribution in [1.29, 1.82) is 0 Å². The van der Waals surface area contributed by atoms with Gasteiger partial charge in [-0.05, 0) is 31.1 Å². The van der Waals surface area contributed by atoms with Crippen LogP contribution in [0.15, 0.2) is 22.6 Å². The van der Waals surface area contributed by atoms with Crippen molar-refractivity contribution in [1.82, 2.24) is 10.2 Å². The Balaban J connectivity index is 1.91. The monoisotopic (exact) mass is 291 g/mol. The lowest BCUT2D eigenvalue weighted by molar-refractivity contribution is -0.111. The maximum atomic E-state index is 11.7. The van der Waals surface area contributed by atoms with Gasteiger partial charge in [-0.1, -0.05) is 25.2 Å². The Bertz CT molecular complexity index is 613. The first-order valence-electron chi connectivity index (χ1n) is 6.41. The van der Waals surface area contributed by atoms with Crippen LogP contribution in [0.1, 0.15) is 30.4 Å². The van der Waals surface area contributed by atoms with Crippen LogP contribution in [0.5, 0.6) is 0 Å². The summed E-state index contributed by atoms with van der Waals surface area (Å²) in [6.07, 6.45) is 3.91. The summed E-state index contributed by atoms with van der Waals surface area (Å²) < 4.78 is 5.34. The fourth-order valence-electron chi connectivity index (χ4n) is 1.58. The van der Waals surface area contributed by atoms with E-state index in [9.17, 15) is 4.79 Å². The third-order valence-electron chi connectivity index (χ3n) is 2.44. The van der Waals surface area contributed by atoms with Gasteiger partial charge in [-0.25, -0.2) is 0 Å². The number of nitrogens with zero attached hydrogens (tertiary/aromatic N) is 2. The van der Waals surface area contributed by atoms with Crippen LogP contribution in [-0.2, 0) is 11.2 Å². The number of rotatable bonds is 5. The molecule has 0 spiro atoms. The quantitative estimate of drug-likeness (QED) is 0.858. The molecular weight excluding hydrogens is 274 g/mol. The maximum absolute atomic E-state index is 11.7. The molecule has 1 N–H and O–H groups in total. The van der Waals surface area contributed by atoms with Gasteiger partial charge < -0.3 is 4.42 Å². The maximum Gasteiger partial charge on any atom is 0.250 e. The van der Waals surface area contributed by atoms with Gasteiger partial charge in [-0.3, -0.25) is 10.1 Å². The van der Waals surface area contributed by atoms with Crippen molar-refractivity contribution < 1.29 is 9.21 Å². The number of carbonyl (C=O) groups is 1. The van der Waals surface area contributed by atoms with Crippen molar-refractivity contribution in [2.75, 3.05) is 5.32 Å². The smallest absolute Gasteiger partial charge is 0.250 e. The van der Waals surface area contributed by atoms with E-state index in [1.807, 2.05) is 19.1 Å². The van der Waals surface area contributed by atoms with Crippen LogP contribution in [-0.4, -0.2) is 16.1 Å². The Hall–Kier alpha value is -1.95. The summed E-state index contributed by atoms with van der Waals surface area (Å²) >= 11 is 1.40. The number of hydrogen-bond acceptors (Lipinski definition) is 5. The van der Waals surface area contributed by atoms with E-state index in [1.54, 1.807) is 6.08 Å². The van der Waals surface area contributed by atoms with E-state index in [1.165, 1.54) is 17.4 Å². The van der Waals surface area contributed by atoms with Crippen LogP contribution < -0.4 is 5.32 Å². The van der Waals surface area contributed by atoms with Crippen LogP contribution in [0.2, 0.25) is 0 Å². The average molecular weight is 291 g/mol. The van der Waals surface area contributed by atoms with E-state index >= 15 is 0 Å². The molecule has 106 valence electrons. The summed E-state index contributed by atoms with van der Waals surface area (Å²) in [6, 6.07) is 3.66. The summed E-state index contributed by atoms with van der Waals surface area (Å²) in [7, 11) is 0. The van der Waals surface area contributed by atoms with Gasteiger partial charge in [-0.15, -0.1) is 10.2 Å². The molecule has 6 heteroatoms. The molecule has 2 heterocycles. The first-order valence-corrected chi connectivity index (χ1v) is 7.22. The number of furan rings is 1. The zero-order valence-electron chi connectivity index (χ0n) is 11.7. The number of hydrogen-bond donors (Lipinski definition) is 1. The molecule has 2 rings (SSSR count). The molecule has 0 bridgehead atoms. The fourth-order valence-corrected chi connectivity index (χ4v) is 2.54. The second kappa shape index (κ2) is 6.47. The molecule has 5 nitrogen and oxygen atoms in total. The molecule has 0 aliphatic rings. The molecule has 0 aliphatic heterocycles. The molecule has 0 saturated carbocycles. The zero-order valence-corrected chi connectivity index (χ0v) is 12.5. The molecule has 0 atom stereocenters. The minimum absolute atomic E-state index is 0.244. The van der Waals surface area contributed by atoms with E-state index in [0.717, 1.165) is 17.2 Å². The van der Waals surface area contributed by atoms with Gasteiger partial charge in [-0.2, -0.15) is 0 Å². The zero-order chi connectivity index (χ0) is 14.5. The summed E-state index contributed by atoms with van der Waals surface area (Å²) in [5.74, 6) is 1.74. The molecule has 0 saturated heterocycles. The number of nitrogens with one attached hydrogen (secondary N) is 1. The first kappa shape index (κ1) is 14.5. The van der Waals surface area contributed by atoms with Crippen molar-refractivity contribution in [2.24, 2.45) is 5.92 Å². The number of aryl methyl sites for hydroxylation is 1. The van der Waals surface area contributed by atoms with Gasteiger partial charge in [0.05, 0.1) is 0 Å². The number of carbonyl (C=O) groups excluding carboxylic acids is 1. The van der Waals surface area contributed by atoms with E-state index < -0.39 is 0 Å². The molecule has 0 aromatic carbocycles. The van der Waals surface area contributed by atoms with E-state index in [-0.39, 0.29) is 5.91 Å². The normalized spacial score (nSPS) is 11.4. The van der Waals surface area contributed by atoms with Crippen LogP contribution in [0.25, 0.3) is 6.08 Å². The van der Waals surface area contributed by atoms with Crippen molar-refractivity contribution in [3.63, 3.8) is 0 Å². The first-order chi connectivity index (χ1) is 9.52. The lowest BCUT2D eigenvalue weighted by atomic mass is 10.1. The molecule has 2 aromatic heterocycles. The Morgan fingerprint density at radius 2 is 2.25 bits per heavy atom. The van der Waals surface area contributed by atoms with Crippen LogP contribution >= 0.6 is 11.3 Å². The van der Waals surface area contributed by atoms with E-state index in [4.69, 9.17) is 4.42 Å². The molecule has 20 heavy (non-hydrogen) atoms. The number of anilines is 1. The molecule has 0 fully saturated rings. The predicted molar refractivity (Wildman–Crippen MR) is 79.6 cm³/mol. The summed E-state index contributed by atoms with van der Waals surface area (Å²) in [4.78, 5) is 11.7. The minimum atomic E-state index is -0.244. The Labute approximate surface area is 121 Å². The topological polar surface area (TPSA) is 68.0 Å². The standard InChI is InChI=1S/C14H17N3O2S/c1-9(2)8-13-16-17-14(20-13)15-12(18)7-6-11-5-4-10(3)19-11/h4-7,9H,8H2,1-3H3,(H,15,17,18)/b7-6+. The second-order valence-corrected chi connectivity index (χ2v) is 5.93. The Kier molecular flexibility index (Phi) is 4.68. The fraction of sp³-hybridized carbons (Fsp3) is 0.357. The van der Waals surface area contributed by atoms with E-state index in [2.05, 4.69) is 29.4 Å². The van der Waals surface area contributed by atoms with Crippen molar-refractivity contribution in [3.05, 3.63) is 34.7 Å². The molecule has 0 radical (unpaired) electrons. The second-order valence-electron chi connectivity index (χ2n) is 4.87. The SMILES string of the molecule is Cc1ccc(/C=C/C(=O)Nc2nnc(CC(C)C)s2)o1. The minimum Gasteiger partial charge on any atom is -0.462 e. The average Bonchev–Trinajstić information content (AvgIpc) is 2.95. The van der Waals surface area contributed by atoms with Gasteiger partial charge in [0.1, 0.15) is 16.5 Å². The van der Waals surface area contributed by atoms with Gasteiger partial charge in [0, 0.05) is 12.5 Å². The van der Waals surface area contributed by atoms with Gasteiger partial charge in [0.2, 0.25) is 11.0 Å². The highest BCUT2D eigenvalue weighted by atomic mass is 32.1. The molecule has 2 aromatic rings. The Morgan fingerprint density at radius 3 is 2.90 bits per heavy atom. The highest BCUT2D eigenvalue weighted by Gasteiger charge is 2.07. The van der Waals surface area contributed by atoms with Crippen molar-refractivity contribution in [2.45, 2.75) is 27.2 Å². The highest BCUT2D eigenvalue weighted by Crippen LogP contribution is 2.18. The van der Waals surface area contributed by atoms with Crippen molar-refractivity contribution >= 4 is 28.5 Å². The molecule has 1 amide bonds. The van der Waals surface area contributed by atoms with Crippen LogP contribution in [0.4, 0.5) is 5.13 Å². The summed E-state index contributed by atoms with van der Waals surface area (Å²) in [5, 5.41) is 12.1. The van der Waals surface area contributed by atoms with Crippen LogP contribution in [0, 0.1) is 12.8 Å². The lowest BCUT2D eigenvalue weighted by Gasteiger charge is -1.97. The Morgan fingerprint density at radius 1 is 1.45 bits per heavy atom. The predicted octanol–water partition coefficient (Wildman–Crippen LogP) is 3.29. The van der Waals surface area contributed by atoms with Crippen LogP contribution in [0.3, 0.4) is 0 Å². The van der Waals surface area contributed by atoms with Crippen molar-refractivity contribution in [3.8, 4) is 0 Å². The number of amides is 1. The third kappa shape index (κ3) is 4.31. The highest BCUT2D eigenvalue weighted by molar-refractivity contribution is 7.15. The van der Waals surface area contributed by atoms with Gasteiger partial charge in [0.15, 0.2) is 0 Å². The van der Waals surface area contributed by atoms with Gasteiger partial charge in [0.25, 0.3) is 0 Å². The summed E-state index contributed by atoms with van der Waals surface area (Å²) in [5.41, 5.74) is 0.